The van der Waals surface area contributed by atoms with Crippen LogP contribution in [0, 0.1) is 5.92 Å². The van der Waals surface area contributed by atoms with Crippen molar-refractivity contribution in [3.8, 4) is 5.75 Å². The fourth-order valence-electron chi connectivity index (χ4n) is 3.08. The van der Waals surface area contributed by atoms with Gasteiger partial charge in [-0.25, -0.2) is 0 Å². The summed E-state index contributed by atoms with van der Waals surface area (Å²) in [6.45, 7) is 6.61. The van der Waals surface area contributed by atoms with Gasteiger partial charge in [-0.1, -0.05) is 25.5 Å². The molecule has 1 aromatic carbocycles. The number of ether oxygens (including phenoxy) is 1. The molecule has 0 aliphatic carbocycles. The number of aliphatic hydroxyl groups is 1. The standard InChI is InChI=1S/C17H27NO2/c1-4-14-6-5-11-18(12-14)13(2)17(19)15-7-9-16(20-3)10-8-15/h7-10,13-14,17,19H,4-6,11-12H2,1-3H3. The van der Waals surface area contributed by atoms with E-state index in [-0.39, 0.29) is 6.04 Å². The van der Waals surface area contributed by atoms with E-state index in [2.05, 4.69) is 18.7 Å². The summed E-state index contributed by atoms with van der Waals surface area (Å²) in [5, 5.41) is 10.6. The van der Waals surface area contributed by atoms with E-state index in [0.717, 1.165) is 30.3 Å². The molecular weight excluding hydrogens is 250 g/mol. The number of hydrogen-bond acceptors (Lipinski definition) is 3. The van der Waals surface area contributed by atoms with Crippen molar-refractivity contribution in [2.45, 2.75) is 45.3 Å². The topological polar surface area (TPSA) is 32.7 Å². The highest BCUT2D eigenvalue weighted by Gasteiger charge is 2.27. The molecule has 0 aromatic heterocycles. The fraction of sp³-hybridized carbons (Fsp3) is 0.647. The van der Waals surface area contributed by atoms with E-state index in [4.69, 9.17) is 4.74 Å². The molecule has 1 N–H and O–H groups in total. The van der Waals surface area contributed by atoms with Crippen molar-refractivity contribution >= 4 is 0 Å². The second-order valence-corrected chi connectivity index (χ2v) is 5.87. The van der Waals surface area contributed by atoms with Gasteiger partial charge in [0.2, 0.25) is 0 Å². The molecule has 3 nitrogen and oxygen atoms in total. The van der Waals surface area contributed by atoms with Gasteiger partial charge in [0.15, 0.2) is 0 Å². The Labute approximate surface area is 122 Å². The van der Waals surface area contributed by atoms with E-state index in [1.165, 1.54) is 19.3 Å². The maximum absolute atomic E-state index is 10.6. The third-order valence-electron chi connectivity index (χ3n) is 4.62. The number of hydrogen-bond donors (Lipinski definition) is 1. The van der Waals surface area contributed by atoms with Crippen LogP contribution in [0.2, 0.25) is 0 Å². The monoisotopic (exact) mass is 277 g/mol. The Morgan fingerprint density at radius 2 is 2.05 bits per heavy atom. The van der Waals surface area contributed by atoms with Gasteiger partial charge in [-0.05, 0) is 49.9 Å². The third-order valence-corrected chi connectivity index (χ3v) is 4.62. The van der Waals surface area contributed by atoms with Crippen LogP contribution in [0.1, 0.15) is 44.8 Å². The molecule has 1 aromatic rings. The molecule has 0 amide bonds. The molecule has 2 rings (SSSR count). The average molecular weight is 277 g/mol. The van der Waals surface area contributed by atoms with Crippen LogP contribution in [0.5, 0.6) is 5.75 Å². The van der Waals surface area contributed by atoms with Gasteiger partial charge < -0.3 is 9.84 Å². The van der Waals surface area contributed by atoms with Crippen molar-refractivity contribution in [1.82, 2.24) is 4.90 Å². The second-order valence-electron chi connectivity index (χ2n) is 5.87. The van der Waals surface area contributed by atoms with Crippen LogP contribution in [0.4, 0.5) is 0 Å². The largest absolute Gasteiger partial charge is 0.497 e. The molecule has 0 radical (unpaired) electrons. The SMILES string of the molecule is CCC1CCCN(C(C)C(O)c2ccc(OC)cc2)C1. The summed E-state index contributed by atoms with van der Waals surface area (Å²) in [5.74, 6) is 1.62. The zero-order chi connectivity index (χ0) is 14.5. The summed E-state index contributed by atoms with van der Waals surface area (Å²) in [5.41, 5.74) is 0.969. The van der Waals surface area contributed by atoms with E-state index < -0.39 is 6.10 Å². The predicted octanol–water partition coefficient (Wildman–Crippen LogP) is 3.24. The Balaban J connectivity index is 2.01. The maximum Gasteiger partial charge on any atom is 0.118 e. The van der Waals surface area contributed by atoms with Gasteiger partial charge in [0, 0.05) is 12.6 Å². The number of aliphatic hydroxyl groups excluding tert-OH is 1. The molecule has 112 valence electrons. The lowest BCUT2D eigenvalue weighted by atomic mass is 9.93. The molecule has 20 heavy (non-hydrogen) atoms. The first-order valence-corrected chi connectivity index (χ1v) is 7.71. The number of methoxy groups -OCH3 is 1. The smallest absolute Gasteiger partial charge is 0.118 e. The Morgan fingerprint density at radius 3 is 2.65 bits per heavy atom. The van der Waals surface area contributed by atoms with Gasteiger partial charge >= 0.3 is 0 Å². The quantitative estimate of drug-likeness (QED) is 0.897. The van der Waals surface area contributed by atoms with Crippen molar-refractivity contribution in [3.63, 3.8) is 0 Å². The Hall–Kier alpha value is -1.06. The van der Waals surface area contributed by atoms with Crippen LogP contribution in [0.3, 0.4) is 0 Å². The average Bonchev–Trinajstić information content (AvgIpc) is 2.53. The molecule has 1 heterocycles. The van der Waals surface area contributed by atoms with Crippen molar-refractivity contribution < 1.29 is 9.84 Å². The highest BCUT2D eigenvalue weighted by molar-refractivity contribution is 5.29. The highest BCUT2D eigenvalue weighted by Crippen LogP contribution is 2.27. The minimum Gasteiger partial charge on any atom is -0.497 e. The van der Waals surface area contributed by atoms with Crippen LogP contribution in [-0.2, 0) is 0 Å². The van der Waals surface area contributed by atoms with Gasteiger partial charge in [0.05, 0.1) is 13.2 Å². The summed E-state index contributed by atoms with van der Waals surface area (Å²) in [7, 11) is 1.66. The summed E-state index contributed by atoms with van der Waals surface area (Å²) in [6, 6.07) is 7.91. The van der Waals surface area contributed by atoms with Gasteiger partial charge in [-0.2, -0.15) is 0 Å². The first kappa shape index (κ1) is 15.3. The summed E-state index contributed by atoms with van der Waals surface area (Å²) in [4.78, 5) is 2.44. The van der Waals surface area contributed by atoms with Gasteiger partial charge in [-0.3, -0.25) is 4.90 Å². The van der Waals surface area contributed by atoms with Crippen LogP contribution in [0.25, 0.3) is 0 Å². The van der Waals surface area contributed by atoms with E-state index in [0.29, 0.717) is 0 Å². The van der Waals surface area contributed by atoms with Gasteiger partial charge in [0.25, 0.3) is 0 Å². The lowest BCUT2D eigenvalue weighted by Gasteiger charge is -2.38. The summed E-state index contributed by atoms with van der Waals surface area (Å²) in [6.07, 6.45) is 3.38. The van der Waals surface area contributed by atoms with Crippen LogP contribution in [-0.4, -0.2) is 36.2 Å². The van der Waals surface area contributed by atoms with E-state index in [9.17, 15) is 5.11 Å². The zero-order valence-electron chi connectivity index (χ0n) is 12.9. The molecule has 0 bridgehead atoms. The van der Waals surface area contributed by atoms with E-state index in [1.807, 2.05) is 24.3 Å². The predicted molar refractivity (Wildman–Crippen MR) is 82.0 cm³/mol. The van der Waals surface area contributed by atoms with Crippen LogP contribution >= 0.6 is 0 Å². The lowest BCUT2D eigenvalue weighted by Crippen LogP contribution is -2.44. The molecule has 3 atom stereocenters. The first-order chi connectivity index (χ1) is 9.65. The van der Waals surface area contributed by atoms with E-state index in [1.54, 1.807) is 7.11 Å². The zero-order valence-corrected chi connectivity index (χ0v) is 12.9. The molecule has 1 saturated heterocycles. The molecule has 0 saturated carbocycles. The van der Waals surface area contributed by atoms with Crippen LogP contribution in [0.15, 0.2) is 24.3 Å². The van der Waals surface area contributed by atoms with Gasteiger partial charge in [-0.15, -0.1) is 0 Å². The maximum atomic E-state index is 10.6. The molecule has 0 spiro atoms. The number of rotatable bonds is 5. The Morgan fingerprint density at radius 1 is 1.35 bits per heavy atom. The molecule has 3 unspecified atom stereocenters. The summed E-state index contributed by atoms with van der Waals surface area (Å²) < 4.78 is 5.16. The Bertz CT molecular complexity index is 404. The second kappa shape index (κ2) is 7.09. The first-order valence-electron chi connectivity index (χ1n) is 7.71. The van der Waals surface area contributed by atoms with Crippen molar-refractivity contribution in [1.29, 1.82) is 0 Å². The lowest BCUT2D eigenvalue weighted by molar-refractivity contribution is 0.0321. The van der Waals surface area contributed by atoms with E-state index >= 15 is 0 Å². The number of nitrogens with zero attached hydrogens (tertiary/aromatic N) is 1. The molecule has 1 fully saturated rings. The number of benzene rings is 1. The van der Waals surface area contributed by atoms with Gasteiger partial charge in [0.1, 0.15) is 5.75 Å². The Kier molecular flexibility index (Phi) is 5.44. The van der Waals surface area contributed by atoms with Crippen molar-refractivity contribution in [3.05, 3.63) is 29.8 Å². The highest BCUT2D eigenvalue weighted by atomic mass is 16.5. The molecule has 1 aliphatic rings. The minimum absolute atomic E-state index is 0.165. The minimum atomic E-state index is -0.434. The summed E-state index contributed by atoms with van der Waals surface area (Å²) >= 11 is 0. The normalized spacial score (nSPS) is 23.3. The molecule has 1 aliphatic heterocycles. The fourth-order valence-corrected chi connectivity index (χ4v) is 3.08. The number of piperidine rings is 1. The van der Waals surface area contributed by atoms with Crippen LogP contribution < -0.4 is 4.74 Å². The van der Waals surface area contributed by atoms with Crippen molar-refractivity contribution in [2.75, 3.05) is 20.2 Å². The molecular formula is C17H27NO2. The van der Waals surface area contributed by atoms with Crippen molar-refractivity contribution in [2.24, 2.45) is 5.92 Å². The third kappa shape index (κ3) is 3.53. The number of likely N-dealkylation sites (tertiary alicyclic amines) is 1. The molecule has 3 heteroatoms.